The summed E-state index contributed by atoms with van der Waals surface area (Å²) >= 11 is 0. The fraction of sp³-hybridized carbons (Fsp3) is 0.238. The maximum atomic E-state index is 12.6. The van der Waals surface area contributed by atoms with Crippen LogP contribution in [0.1, 0.15) is 19.4 Å². The van der Waals surface area contributed by atoms with Crippen molar-refractivity contribution in [2.75, 3.05) is 11.4 Å². The number of ketones is 1. The van der Waals surface area contributed by atoms with Crippen molar-refractivity contribution < 1.29 is 9.59 Å². The van der Waals surface area contributed by atoms with E-state index in [1.54, 1.807) is 11.0 Å². The molecule has 2 N–H and O–H groups in total. The Bertz CT molecular complexity index is 980. The number of aryl methyl sites for hydroxylation is 1. The van der Waals surface area contributed by atoms with Gasteiger partial charge in [-0.2, -0.15) is 0 Å². The van der Waals surface area contributed by atoms with Crippen molar-refractivity contribution in [2.24, 2.45) is 10.9 Å². The van der Waals surface area contributed by atoms with Crippen LogP contribution in [0, 0.1) is 11.3 Å². The van der Waals surface area contributed by atoms with Crippen LogP contribution in [-0.4, -0.2) is 29.8 Å². The molecule has 27 heavy (non-hydrogen) atoms. The van der Waals surface area contributed by atoms with Crippen LogP contribution in [0.3, 0.4) is 0 Å². The van der Waals surface area contributed by atoms with E-state index < -0.39 is 5.92 Å². The van der Waals surface area contributed by atoms with Gasteiger partial charge >= 0.3 is 0 Å². The average molecular weight is 360 g/mol. The molecule has 0 spiro atoms. The fourth-order valence-electron chi connectivity index (χ4n) is 3.46. The Labute approximate surface area is 157 Å². The first-order chi connectivity index (χ1) is 13.0. The highest BCUT2D eigenvalue weighted by Gasteiger charge is 2.37. The van der Waals surface area contributed by atoms with E-state index in [0.717, 1.165) is 17.7 Å². The van der Waals surface area contributed by atoms with Gasteiger partial charge in [-0.1, -0.05) is 36.8 Å². The lowest BCUT2D eigenvalue weighted by Gasteiger charge is -2.24. The largest absolute Gasteiger partial charge is 0.318 e. The number of rotatable bonds is 2. The van der Waals surface area contributed by atoms with Gasteiger partial charge in [-0.3, -0.25) is 15.0 Å². The molecular weight excluding hydrogens is 340 g/mol. The molecule has 2 aliphatic heterocycles. The lowest BCUT2D eigenvalue weighted by atomic mass is 9.92. The highest BCUT2D eigenvalue weighted by atomic mass is 16.2. The zero-order valence-electron chi connectivity index (χ0n) is 15.2. The van der Waals surface area contributed by atoms with Crippen molar-refractivity contribution in [3.05, 3.63) is 65.0 Å². The van der Waals surface area contributed by atoms with Gasteiger partial charge in [-0.25, -0.2) is 4.99 Å². The first-order valence-electron chi connectivity index (χ1n) is 8.96. The topological polar surface area (TPSA) is 85.6 Å². The van der Waals surface area contributed by atoms with Crippen LogP contribution in [0.15, 0.2) is 64.5 Å². The monoisotopic (exact) mass is 360 g/mol. The van der Waals surface area contributed by atoms with Crippen LogP contribution in [-0.2, 0) is 16.0 Å². The number of aliphatic imine (C=N–C) groups is 1. The molecule has 0 radical (unpaired) electrons. The Morgan fingerprint density at radius 1 is 1.22 bits per heavy atom. The molecule has 0 bridgehead atoms. The van der Waals surface area contributed by atoms with Crippen LogP contribution in [0.5, 0.6) is 0 Å². The quantitative estimate of drug-likeness (QED) is 0.795. The third-order valence-electron chi connectivity index (χ3n) is 5.01. The molecule has 2 heterocycles. The molecule has 1 aliphatic carbocycles. The first kappa shape index (κ1) is 17.1. The van der Waals surface area contributed by atoms with E-state index in [2.05, 4.69) is 17.2 Å². The van der Waals surface area contributed by atoms with E-state index in [1.165, 1.54) is 5.56 Å². The normalized spacial score (nSPS) is 24.6. The van der Waals surface area contributed by atoms with Gasteiger partial charge in [0.25, 0.3) is 0 Å². The molecular formula is C21H20N4O2. The number of nitrogens with zero attached hydrogens (tertiary/aromatic N) is 2. The molecule has 0 saturated carbocycles. The van der Waals surface area contributed by atoms with Crippen molar-refractivity contribution in [3.8, 4) is 0 Å². The maximum Gasteiger partial charge on any atom is 0.238 e. The molecule has 1 aromatic carbocycles. The predicted octanol–water partition coefficient (Wildman–Crippen LogP) is 2.53. The summed E-state index contributed by atoms with van der Waals surface area (Å²) < 4.78 is 0. The molecule has 1 unspecified atom stereocenters. The van der Waals surface area contributed by atoms with Gasteiger partial charge in [0.1, 0.15) is 17.2 Å². The minimum atomic E-state index is -0.442. The molecule has 1 fully saturated rings. The standard InChI is InChI=1S/C21H20N4O2/c1-3-13-5-7-14(8-6-13)25-11-17(26)18(19(25)22)20-23-16-9-4-12(2)10-15(16)21(27)24-20/h4-10,15,22H,3,11H2,1-2H3,(H,24,27)/b20-18-,22-19?. The Balaban J connectivity index is 1.70. The number of allylic oxidation sites excluding steroid dienone is 3. The molecule has 1 atom stereocenters. The number of carbonyl (C=O) groups excluding carboxylic acids is 2. The number of fused-ring (bicyclic) bond motifs is 1. The second-order valence-electron chi connectivity index (χ2n) is 6.85. The fourth-order valence-corrected chi connectivity index (χ4v) is 3.46. The lowest BCUT2D eigenvalue weighted by Crippen LogP contribution is -2.40. The molecule has 0 aromatic heterocycles. The van der Waals surface area contributed by atoms with E-state index >= 15 is 0 Å². The van der Waals surface area contributed by atoms with Crippen molar-refractivity contribution in [3.63, 3.8) is 0 Å². The van der Waals surface area contributed by atoms with E-state index in [0.29, 0.717) is 5.71 Å². The van der Waals surface area contributed by atoms with E-state index in [9.17, 15) is 9.59 Å². The summed E-state index contributed by atoms with van der Waals surface area (Å²) in [5.41, 5.74) is 3.73. The SMILES string of the molecule is CCc1ccc(N2CC(=O)/C(=C3\N=C4C=CC(C)=CC4C(=O)N3)C2=N)cc1. The molecule has 3 aliphatic rings. The third kappa shape index (κ3) is 2.93. The van der Waals surface area contributed by atoms with Crippen LogP contribution < -0.4 is 10.2 Å². The number of hydrogen-bond donors (Lipinski definition) is 2. The first-order valence-corrected chi connectivity index (χ1v) is 8.96. The van der Waals surface area contributed by atoms with E-state index in [1.807, 2.05) is 43.3 Å². The van der Waals surface area contributed by atoms with Gasteiger partial charge in [0.05, 0.1) is 18.2 Å². The number of hydrogen-bond acceptors (Lipinski definition) is 4. The summed E-state index contributed by atoms with van der Waals surface area (Å²) in [6.45, 7) is 4.07. The molecule has 1 saturated heterocycles. The number of carbonyl (C=O) groups is 2. The van der Waals surface area contributed by atoms with E-state index in [4.69, 9.17) is 5.41 Å². The highest BCUT2D eigenvalue weighted by Crippen LogP contribution is 2.28. The van der Waals surface area contributed by atoms with Crippen molar-refractivity contribution >= 4 is 28.9 Å². The van der Waals surface area contributed by atoms with Crippen LogP contribution in [0.4, 0.5) is 5.69 Å². The van der Waals surface area contributed by atoms with Gasteiger partial charge in [-0.05, 0) is 37.1 Å². The second-order valence-corrected chi connectivity index (χ2v) is 6.85. The van der Waals surface area contributed by atoms with E-state index in [-0.39, 0.29) is 35.5 Å². The van der Waals surface area contributed by atoms with Gasteiger partial charge in [0, 0.05) is 5.69 Å². The Kier molecular flexibility index (Phi) is 4.11. The molecule has 6 heteroatoms. The van der Waals surface area contributed by atoms with Crippen molar-refractivity contribution in [1.82, 2.24) is 5.32 Å². The molecule has 4 rings (SSSR count). The summed E-state index contributed by atoms with van der Waals surface area (Å²) in [7, 11) is 0. The number of Topliss-reactive ketones (excluding diaryl/α,β-unsaturated/α-hetero) is 1. The van der Waals surface area contributed by atoms with Crippen molar-refractivity contribution in [1.29, 1.82) is 5.41 Å². The van der Waals surface area contributed by atoms with Crippen molar-refractivity contribution in [2.45, 2.75) is 20.3 Å². The lowest BCUT2D eigenvalue weighted by molar-refractivity contribution is -0.121. The molecule has 1 aromatic rings. The predicted molar refractivity (Wildman–Crippen MR) is 105 cm³/mol. The smallest absolute Gasteiger partial charge is 0.238 e. The van der Waals surface area contributed by atoms with Crippen LogP contribution in [0.25, 0.3) is 0 Å². The third-order valence-corrected chi connectivity index (χ3v) is 5.01. The van der Waals surface area contributed by atoms with Gasteiger partial charge in [0.15, 0.2) is 5.78 Å². The summed E-state index contributed by atoms with van der Waals surface area (Å²) in [5.74, 6) is -0.648. The average Bonchev–Trinajstić information content (AvgIpc) is 2.96. The minimum absolute atomic E-state index is 0.0638. The Hall–Kier alpha value is -3.28. The van der Waals surface area contributed by atoms with Gasteiger partial charge in [-0.15, -0.1) is 0 Å². The Morgan fingerprint density at radius 3 is 2.67 bits per heavy atom. The molecule has 136 valence electrons. The second kappa shape index (κ2) is 6.46. The molecule has 1 amide bonds. The van der Waals surface area contributed by atoms with Crippen LogP contribution in [0.2, 0.25) is 0 Å². The van der Waals surface area contributed by atoms with Crippen LogP contribution >= 0.6 is 0 Å². The number of amidine groups is 1. The minimum Gasteiger partial charge on any atom is -0.318 e. The van der Waals surface area contributed by atoms with Gasteiger partial charge < -0.3 is 10.2 Å². The summed E-state index contributed by atoms with van der Waals surface area (Å²) in [4.78, 5) is 31.2. The maximum absolute atomic E-state index is 12.6. The van der Waals surface area contributed by atoms with Gasteiger partial charge in [0.2, 0.25) is 5.91 Å². The highest BCUT2D eigenvalue weighted by molar-refractivity contribution is 6.34. The number of amides is 1. The Morgan fingerprint density at radius 2 is 1.96 bits per heavy atom. The summed E-state index contributed by atoms with van der Waals surface area (Å²) in [6.07, 6.45) is 6.46. The zero-order valence-corrected chi connectivity index (χ0v) is 15.2. The summed E-state index contributed by atoms with van der Waals surface area (Å²) in [5, 5.41) is 11.2. The molecule has 6 nitrogen and oxygen atoms in total. The number of benzene rings is 1. The number of anilines is 1. The zero-order chi connectivity index (χ0) is 19.1. The summed E-state index contributed by atoms with van der Waals surface area (Å²) in [6, 6.07) is 7.81. The number of nitrogens with one attached hydrogen (secondary N) is 2.